The van der Waals surface area contributed by atoms with Crippen LogP contribution >= 0.6 is 0 Å². The monoisotopic (exact) mass is 330 g/mol. The van der Waals surface area contributed by atoms with Gasteiger partial charge in [-0.15, -0.1) is 0 Å². The molecule has 0 aliphatic carbocycles. The molecule has 2 N–H and O–H groups in total. The standard InChI is InChI=1S/C18H22N2O2S/c1-13-8-9-18(14(2)10-13)23(21,22)20-11-16(17(19)12-20)15-6-4-3-5-7-15/h3-10,16-17H,11-12,19H2,1-2H3/t16-,17+/m0/s1. The summed E-state index contributed by atoms with van der Waals surface area (Å²) in [5.41, 5.74) is 9.16. The van der Waals surface area contributed by atoms with Gasteiger partial charge in [-0.3, -0.25) is 0 Å². The van der Waals surface area contributed by atoms with Crippen LogP contribution in [0.15, 0.2) is 53.4 Å². The molecule has 0 radical (unpaired) electrons. The van der Waals surface area contributed by atoms with E-state index < -0.39 is 10.0 Å². The van der Waals surface area contributed by atoms with Crippen LogP contribution in [0.3, 0.4) is 0 Å². The van der Waals surface area contributed by atoms with Gasteiger partial charge in [0.2, 0.25) is 10.0 Å². The molecular weight excluding hydrogens is 308 g/mol. The van der Waals surface area contributed by atoms with E-state index >= 15 is 0 Å². The number of hydrogen-bond donors (Lipinski definition) is 1. The summed E-state index contributed by atoms with van der Waals surface area (Å²) >= 11 is 0. The number of aryl methyl sites for hydroxylation is 2. The van der Waals surface area contributed by atoms with Crippen LogP contribution in [0.2, 0.25) is 0 Å². The Bertz CT molecular complexity index is 803. The van der Waals surface area contributed by atoms with Crippen molar-refractivity contribution in [1.82, 2.24) is 4.31 Å². The van der Waals surface area contributed by atoms with Gasteiger partial charge in [0.25, 0.3) is 0 Å². The lowest BCUT2D eigenvalue weighted by Crippen LogP contribution is -2.32. The lowest BCUT2D eigenvalue weighted by molar-refractivity contribution is 0.469. The fourth-order valence-electron chi connectivity index (χ4n) is 3.27. The molecule has 23 heavy (non-hydrogen) atoms. The summed E-state index contributed by atoms with van der Waals surface area (Å²) in [6, 6.07) is 15.2. The molecule has 2 atom stereocenters. The summed E-state index contributed by atoms with van der Waals surface area (Å²) in [5, 5.41) is 0. The SMILES string of the molecule is Cc1ccc(S(=O)(=O)N2C[C@@H](N)[C@H](c3ccccc3)C2)c(C)c1. The summed E-state index contributed by atoms with van der Waals surface area (Å²) in [7, 11) is -3.51. The predicted molar refractivity (Wildman–Crippen MR) is 91.8 cm³/mol. The quantitative estimate of drug-likeness (QED) is 0.940. The number of hydrogen-bond acceptors (Lipinski definition) is 3. The van der Waals surface area contributed by atoms with E-state index in [-0.39, 0.29) is 12.0 Å². The van der Waals surface area contributed by atoms with Crippen molar-refractivity contribution in [2.75, 3.05) is 13.1 Å². The number of nitrogens with two attached hydrogens (primary N) is 1. The molecule has 2 aromatic carbocycles. The fourth-order valence-corrected chi connectivity index (χ4v) is 4.98. The van der Waals surface area contributed by atoms with Crippen molar-refractivity contribution in [3.63, 3.8) is 0 Å². The summed E-state index contributed by atoms with van der Waals surface area (Å²) in [4.78, 5) is 0.379. The minimum absolute atomic E-state index is 0.0386. The highest BCUT2D eigenvalue weighted by Crippen LogP contribution is 2.31. The maximum absolute atomic E-state index is 13.0. The molecule has 1 aliphatic heterocycles. The average Bonchev–Trinajstić information content (AvgIpc) is 2.90. The number of nitrogens with zero attached hydrogens (tertiary/aromatic N) is 1. The molecule has 1 fully saturated rings. The van der Waals surface area contributed by atoms with Crippen LogP contribution in [0.25, 0.3) is 0 Å². The van der Waals surface area contributed by atoms with E-state index in [1.165, 1.54) is 4.31 Å². The normalized spacial score (nSPS) is 22.4. The van der Waals surface area contributed by atoms with Crippen molar-refractivity contribution in [2.24, 2.45) is 5.73 Å². The molecule has 5 heteroatoms. The molecule has 0 aromatic heterocycles. The predicted octanol–water partition coefficient (Wildman–Crippen LogP) is 2.42. The Balaban J connectivity index is 1.90. The zero-order valence-corrected chi connectivity index (χ0v) is 14.3. The van der Waals surface area contributed by atoms with Crippen LogP contribution in [-0.4, -0.2) is 31.9 Å². The van der Waals surface area contributed by atoms with E-state index in [4.69, 9.17) is 5.73 Å². The highest BCUT2D eigenvalue weighted by Gasteiger charge is 2.38. The molecule has 0 bridgehead atoms. The van der Waals surface area contributed by atoms with Crippen LogP contribution in [0.1, 0.15) is 22.6 Å². The molecule has 4 nitrogen and oxygen atoms in total. The molecule has 2 aromatic rings. The summed E-state index contributed by atoms with van der Waals surface area (Å²) < 4.78 is 27.4. The van der Waals surface area contributed by atoms with Crippen molar-refractivity contribution < 1.29 is 8.42 Å². The molecular formula is C18H22N2O2S. The molecule has 122 valence electrons. The molecule has 3 rings (SSSR count). The van der Waals surface area contributed by atoms with Gasteiger partial charge in [-0.2, -0.15) is 4.31 Å². The third-order valence-electron chi connectivity index (χ3n) is 4.51. The molecule has 0 unspecified atom stereocenters. The smallest absolute Gasteiger partial charge is 0.243 e. The van der Waals surface area contributed by atoms with Crippen molar-refractivity contribution in [2.45, 2.75) is 30.7 Å². The first-order valence-corrected chi connectivity index (χ1v) is 9.21. The molecule has 1 aliphatic rings. The maximum atomic E-state index is 13.0. The summed E-state index contributed by atoms with van der Waals surface area (Å²) in [5.74, 6) is 0.0386. The highest BCUT2D eigenvalue weighted by molar-refractivity contribution is 7.89. The van der Waals surface area contributed by atoms with Crippen LogP contribution in [-0.2, 0) is 10.0 Å². The van der Waals surface area contributed by atoms with Gasteiger partial charge in [-0.25, -0.2) is 8.42 Å². The third kappa shape index (κ3) is 3.04. The second-order valence-electron chi connectivity index (χ2n) is 6.27. The van der Waals surface area contributed by atoms with Gasteiger partial charge in [-0.1, -0.05) is 48.0 Å². The van der Waals surface area contributed by atoms with E-state index in [1.54, 1.807) is 6.07 Å². The first-order valence-electron chi connectivity index (χ1n) is 7.77. The maximum Gasteiger partial charge on any atom is 0.243 e. The first-order chi connectivity index (χ1) is 10.9. The lowest BCUT2D eigenvalue weighted by atomic mass is 9.95. The fraction of sp³-hybridized carbons (Fsp3) is 0.333. The van der Waals surface area contributed by atoms with E-state index in [1.807, 2.05) is 56.3 Å². The van der Waals surface area contributed by atoms with Crippen molar-refractivity contribution in [3.8, 4) is 0 Å². The summed E-state index contributed by atoms with van der Waals surface area (Å²) in [6.45, 7) is 4.58. The lowest BCUT2D eigenvalue weighted by Gasteiger charge is -2.18. The van der Waals surface area contributed by atoms with Crippen molar-refractivity contribution in [1.29, 1.82) is 0 Å². The molecule has 0 saturated carbocycles. The van der Waals surface area contributed by atoms with Crippen LogP contribution in [0.5, 0.6) is 0 Å². The van der Waals surface area contributed by atoms with E-state index in [2.05, 4.69) is 0 Å². The highest BCUT2D eigenvalue weighted by atomic mass is 32.2. The Morgan fingerprint density at radius 3 is 2.39 bits per heavy atom. The Morgan fingerprint density at radius 1 is 1.04 bits per heavy atom. The van der Waals surface area contributed by atoms with Gasteiger partial charge >= 0.3 is 0 Å². The topological polar surface area (TPSA) is 63.4 Å². The van der Waals surface area contributed by atoms with Gasteiger partial charge in [0.1, 0.15) is 0 Å². The Kier molecular flexibility index (Phi) is 4.27. The second-order valence-corrected chi connectivity index (χ2v) is 8.18. The summed E-state index contributed by atoms with van der Waals surface area (Å²) in [6.07, 6.45) is 0. The minimum atomic E-state index is -3.51. The first kappa shape index (κ1) is 16.2. The molecule has 1 saturated heterocycles. The van der Waals surface area contributed by atoms with E-state index in [0.29, 0.717) is 18.0 Å². The number of benzene rings is 2. The zero-order valence-electron chi connectivity index (χ0n) is 13.4. The van der Waals surface area contributed by atoms with Crippen LogP contribution in [0.4, 0.5) is 0 Å². The van der Waals surface area contributed by atoms with E-state index in [9.17, 15) is 8.42 Å². The molecule has 0 amide bonds. The Labute approximate surface area is 138 Å². The van der Waals surface area contributed by atoms with Gasteiger partial charge in [0, 0.05) is 25.0 Å². The van der Waals surface area contributed by atoms with Crippen LogP contribution < -0.4 is 5.73 Å². The largest absolute Gasteiger partial charge is 0.326 e. The number of rotatable bonds is 3. The van der Waals surface area contributed by atoms with Gasteiger partial charge in [-0.05, 0) is 31.0 Å². The van der Waals surface area contributed by atoms with Gasteiger partial charge < -0.3 is 5.73 Å². The second kappa shape index (κ2) is 6.07. The van der Waals surface area contributed by atoms with Crippen molar-refractivity contribution in [3.05, 3.63) is 65.2 Å². The molecule has 1 heterocycles. The van der Waals surface area contributed by atoms with Gasteiger partial charge in [0.05, 0.1) is 4.90 Å². The van der Waals surface area contributed by atoms with Crippen molar-refractivity contribution >= 4 is 10.0 Å². The average molecular weight is 330 g/mol. The van der Waals surface area contributed by atoms with Crippen LogP contribution in [0, 0.1) is 13.8 Å². The Morgan fingerprint density at radius 2 is 1.74 bits per heavy atom. The van der Waals surface area contributed by atoms with Gasteiger partial charge in [0.15, 0.2) is 0 Å². The molecule has 0 spiro atoms. The zero-order chi connectivity index (χ0) is 16.6. The van der Waals surface area contributed by atoms with E-state index in [0.717, 1.165) is 16.7 Å². The minimum Gasteiger partial charge on any atom is -0.326 e. The number of sulfonamides is 1. The Hall–Kier alpha value is -1.69. The third-order valence-corrected chi connectivity index (χ3v) is 6.50.